The highest BCUT2D eigenvalue weighted by atomic mass is 32.2. The van der Waals surface area contributed by atoms with E-state index in [1.54, 1.807) is 23.9 Å². The maximum absolute atomic E-state index is 11.4. The molecule has 0 saturated carbocycles. The molecule has 0 aliphatic heterocycles. The van der Waals surface area contributed by atoms with Crippen molar-refractivity contribution >= 4 is 28.8 Å². The average Bonchev–Trinajstić information content (AvgIpc) is 3.29. The molecule has 1 aromatic heterocycles. The summed E-state index contributed by atoms with van der Waals surface area (Å²) in [6.45, 7) is 13.0. The highest BCUT2D eigenvalue weighted by molar-refractivity contribution is 7.99. The van der Waals surface area contributed by atoms with E-state index >= 15 is 0 Å². The number of hydrogen-bond acceptors (Lipinski definition) is 7. The van der Waals surface area contributed by atoms with Gasteiger partial charge in [-0.1, -0.05) is 65.4 Å². The van der Waals surface area contributed by atoms with E-state index in [1.807, 2.05) is 18.2 Å². The number of imidazole rings is 1. The molecule has 0 aliphatic carbocycles. The number of aliphatic hydroxyl groups is 1. The van der Waals surface area contributed by atoms with Gasteiger partial charge < -0.3 is 24.7 Å². The number of fused-ring (bicyclic) bond motifs is 1. The molecule has 4 rings (SSSR count). The molecule has 4 aromatic rings. The zero-order valence-corrected chi connectivity index (χ0v) is 25.0. The van der Waals surface area contributed by atoms with E-state index in [9.17, 15) is 15.0 Å². The molecule has 1 heterocycles. The van der Waals surface area contributed by atoms with E-state index in [1.165, 1.54) is 7.11 Å². The van der Waals surface area contributed by atoms with Crippen LogP contribution >= 0.6 is 11.8 Å². The number of aromatic hydroxyl groups is 1. The second-order valence-electron chi connectivity index (χ2n) is 12.0. The molecule has 7 nitrogen and oxygen atoms in total. The van der Waals surface area contributed by atoms with Gasteiger partial charge in [-0.3, -0.25) is 0 Å². The lowest BCUT2D eigenvalue weighted by atomic mass is 9.79. The molecule has 0 amide bonds. The molecule has 0 radical (unpaired) electrons. The van der Waals surface area contributed by atoms with Crippen LogP contribution in [0, 0.1) is 0 Å². The number of ether oxygens (including phenoxy) is 2. The summed E-state index contributed by atoms with van der Waals surface area (Å²) in [5, 5.41) is 20.9. The Morgan fingerprint density at radius 2 is 1.57 bits per heavy atom. The van der Waals surface area contributed by atoms with Crippen molar-refractivity contribution in [2.75, 3.05) is 7.11 Å². The molecule has 0 spiro atoms. The first-order valence-electron chi connectivity index (χ1n) is 13.3. The van der Waals surface area contributed by atoms with Crippen LogP contribution in [0.3, 0.4) is 0 Å². The largest absolute Gasteiger partial charge is 0.507 e. The maximum atomic E-state index is 11.4. The molecule has 212 valence electrons. The Bertz CT molecular complexity index is 1460. The number of rotatable bonds is 8. The van der Waals surface area contributed by atoms with E-state index in [-0.39, 0.29) is 23.9 Å². The number of nitrogens with zero attached hydrogens (tertiary/aromatic N) is 1. The van der Waals surface area contributed by atoms with Gasteiger partial charge in [-0.15, -0.1) is 0 Å². The number of aliphatic hydroxyl groups excluding tert-OH is 1. The summed E-state index contributed by atoms with van der Waals surface area (Å²) in [5.41, 5.74) is 4.08. The predicted molar refractivity (Wildman–Crippen MR) is 158 cm³/mol. The Morgan fingerprint density at radius 3 is 2.15 bits per heavy atom. The third kappa shape index (κ3) is 6.98. The summed E-state index contributed by atoms with van der Waals surface area (Å²) in [6, 6.07) is 17.5. The van der Waals surface area contributed by atoms with Gasteiger partial charge in [-0.2, -0.15) is 0 Å². The van der Waals surface area contributed by atoms with E-state index in [0.29, 0.717) is 17.3 Å². The fourth-order valence-corrected chi connectivity index (χ4v) is 5.37. The first-order chi connectivity index (χ1) is 18.7. The lowest BCUT2D eigenvalue weighted by Gasteiger charge is -2.28. The van der Waals surface area contributed by atoms with Gasteiger partial charge in [-0.25, -0.2) is 9.78 Å². The topological polar surface area (TPSA) is 105 Å². The Hall–Kier alpha value is -3.49. The number of methoxy groups -OCH3 is 1. The number of aromatic nitrogens is 2. The fourth-order valence-electron chi connectivity index (χ4n) is 4.44. The standard InChI is InChI=1S/C32H38N2O5S/c1-31(2,3)23-15-22(16-24(29(23)36)32(4,5)6)40-21-12-13-25-26(17-21)34-28(33-25)18-39-20-10-8-19(9-11-20)14-27(35)30(37)38-7/h8-13,15-17,27,35-36H,14,18H2,1-7H3,(H,33,34). The van der Waals surface area contributed by atoms with Gasteiger partial charge in [-0.05, 0) is 58.9 Å². The second-order valence-corrected chi connectivity index (χ2v) is 13.2. The number of phenols is 1. The smallest absolute Gasteiger partial charge is 0.335 e. The zero-order valence-electron chi connectivity index (χ0n) is 24.2. The molecule has 3 N–H and O–H groups in total. The number of esters is 1. The van der Waals surface area contributed by atoms with Gasteiger partial charge >= 0.3 is 5.97 Å². The number of hydrogen-bond donors (Lipinski definition) is 3. The number of carbonyl (C=O) groups is 1. The van der Waals surface area contributed by atoms with Crippen LogP contribution in [0.1, 0.15) is 64.1 Å². The van der Waals surface area contributed by atoms with Gasteiger partial charge in [0.05, 0.1) is 18.1 Å². The van der Waals surface area contributed by atoms with Gasteiger partial charge in [0.2, 0.25) is 0 Å². The molecule has 8 heteroatoms. The summed E-state index contributed by atoms with van der Waals surface area (Å²) in [7, 11) is 1.25. The normalized spacial score (nSPS) is 12.9. The van der Waals surface area contributed by atoms with Crippen molar-refractivity contribution < 1.29 is 24.5 Å². The predicted octanol–water partition coefficient (Wildman–Crippen LogP) is 6.67. The van der Waals surface area contributed by atoms with Crippen LogP contribution < -0.4 is 4.74 Å². The summed E-state index contributed by atoms with van der Waals surface area (Å²) >= 11 is 1.66. The van der Waals surface area contributed by atoms with Crippen molar-refractivity contribution in [3.8, 4) is 11.5 Å². The third-order valence-electron chi connectivity index (χ3n) is 6.64. The summed E-state index contributed by atoms with van der Waals surface area (Å²) < 4.78 is 10.5. The zero-order chi connectivity index (χ0) is 29.2. The maximum Gasteiger partial charge on any atom is 0.335 e. The first kappa shape index (κ1) is 29.5. The van der Waals surface area contributed by atoms with Crippen LogP contribution in [0.25, 0.3) is 11.0 Å². The lowest BCUT2D eigenvalue weighted by Crippen LogP contribution is -2.24. The van der Waals surface area contributed by atoms with Crippen LogP contribution in [0.4, 0.5) is 0 Å². The van der Waals surface area contributed by atoms with Gasteiger partial charge in [0.25, 0.3) is 0 Å². The Morgan fingerprint density at radius 1 is 0.950 bits per heavy atom. The van der Waals surface area contributed by atoms with Gasteiger partial charge in [0, 0.05) is 27.3 Å². The van der Waals surface area contributed by atoms with E-state index in [2.05, 4.69) is 80.5 Å². The summed E-state index contributed by atoms with van der Waals surface area (Å²) in [4.78, 5) is 21.6. The van der Waals surface area contributed by atoms with Gasteiger partial charge in [0.1, 0.15) is 23.9 Å². The second kappa shape index (κ2) is 11.6. The van der Waals surface area contributed by atoms with Crippen LogP contribution in [0.2, 0.25) is 0 Å². The number of benzene rings is 3. The number of phenolic OH excluding ortho intramolecular Hbond substituents is 1. The number of H-pyrrole nitrogens is 1. The monoisotopic (exact) mass is 562 g/mol. The van der Waals surface area contributed by atoms with Crippen molar-refractivity contribution in [2.24, 2.45) is 0 Å². The minimum Gasteiger partial charge on any atom is -0.507 e. The summed E-state index contributed by atoms with van der Waals surface area (Å²) in [5.74, 6) is 1.09. The Kier molecular flexibility index (Phi) is 8.52. The molecular formula is C32H38N2O5S. The molecule has 1 atom stereocenters. The quantitative estimate of drug-likeness (QED) is 0.206. The van der Waals surface area contributed by atoms with Crippen molar-refractivity contribution in [3.05, 3.63) is 77.1 Å². The first-order valence-corrected chi connectivity index (χ1v) is 14.1. The number of aromatic amines is 1. The highest BCUT2D eigenvalue weighted by Gasteiger charge is 2.26. The molecular weight excluding hydrogens is 524 g/mol. The molecule has 40 heavy (non-hydrogen) atoms. The van der Waals surface area contributed by atoms with Crippen molar-refractivity contribution in [2.45, 2.75) is 81.3 Å². The Balaban J connectivity index is 1.47. The van der Waals surface area contributed by atoms with E-state index in [4.69, 9.17) is 4.74 Å². The summed E-state index contributed by atoms with van der Waals surface area (Å²) in [6.07, 6.45) is -1.01. The van der Waals surface area contributed by atoms with Crippen LogP contribution in [-0.2, 0) is 33.4 Å². The van der Waals surface area contributed by atoms with Crippen LogP contribution in [0.15, 0.2) is 64.4 Å². The third-order valence-corrected chi connectivity index (χ3v) is 7.60. The van der Waals surface area contributed by atoms with Gasteiger partial charge in [0.15, 0.2) is 6.10 Å². The molecule has 0 aliphatic rings. The van der Waals surface area contributed by atoms with Crippen molar-refractivity contribution in [3.63, 3.8) is 0 Å². The van der Waals surface area contributed by atoms with E-state index < -0.39 is 12.1 Å². The number of nitrogens with one attached hydrogen (secondary N) is 1. The lowest BCUT2D eigenvalue weighted by molar-refractivity contribution is -0.150. The average molecular weight is 563 g/mol. The highest BCUT2D eigenvalue weighted by Crippen LogP contribution is 2.43. The van der Waals surface area contributed by atoms with Crippen LogP contribution in [-0.4, -0.2) is 39.4 Å². The molecule has 0 bridgehead atoms. The SMILES string of the molecule is COC(=O)C(O)Cc1ccc(OCc2nc3ccc(Sc4cc(C(C)(C)C)c(O)c(C(C)(C)C)c4)cc3[nH]2)cc1. The number of carbonyl (C=O) groups excluding carboxylic acids is 1. The van der Waals surface area contributed by atoms with Crippen molar-refractivity contribution in [1.29, 1.82) is 0 Å². The fraction of sp³-hybridized carbons (Fsp3) is 0.375. The molecule has 0 fully saturated rings. The minimum absolute atomic E-state index is 0.177. The van der Waals surface area contributed by atoms with E-state index in [0.717, 1.165) is 37.5 Å². The van der Waals surface area contributed by atoms with Crippen LogP contribution in [0.5, 0.6) is 11.5 Å². The molecule has 3 aromatic carbocycles. The molecule has 1 unspecified atom stereocenters. The minimum atomic E-state index is -1.19. The molecule has 0 saturated heterocycles. The van der Waals surface area contributed by atoms with Crippen molar-refractivity contribution in [1.82, 2.24) is 9.97 Å². The Labute approximate surface area is 240 Å².